The molecule has 0 spiro atoms. The summed E-state index contributed by atoms with van der Waals surface area (Å²) in [5.74, 6) is 0. The summed E-state index contributed by atoms with van der Waals surface area (Å²) >= 11 is 0. The molecule has 0 saturated carbocycles. The number of hydrogen-bond acceptors (Lipinski definition) is 4. The second-order valence-corrected chi connectivity index (χ2v) is 7.40. The summed E-state index contributed by atoms with van der Waals surface area (Å²) < 4.78 is 6.30. The molecule has 0 fully saturated rings. The van der Waals surface area contributed by atoms with Gasteiger partial charge in [-0.15, -0.1) is 0 Å². The van der Waals surface area contributed by atoms with Gasteiger partial charge in [-0.2, -0.15) is 5.26 Å². The second kappa shape index (κ2) is 6.02. The Morgan fingerprint density at radius 1 is 1.10 bits per heavy atom. The van der Waals surface area contributed by atoms with E-state index in [-0.39, 0.29) is 6.17 Å². The van der Waals surface area contributed by atoms with Crippen LogP contribution in [0.4, 0.5) is 22.7 Å². The largest absolute Gasteiger partial charge is 0.454 e. The highest BCUT2D eigenvalue weighted by Gasteiger charge is 2.36. The third kappa shape index (κ3) is 2.25. The first-order valence-corrected chi connectivity index (χ1v) is 9.43. The average Bonchev–Trinajstić information content (AvgIpc) is 3.23. The molecule has 4 aromatic rings. The number of fused-ring (bicyclic) bond motifs is 4. The molecular weight excluding hydrogens is 360 g/mol. The number of anilines is 3. The Labute approximate surface area is 168 Å². The maximum atomic E-state index is 9.69. The Morgan fingerprint density at radius 2 is 1.90 bits per heavy atom. The highest BCUT2D eigenvalue weighted by molar-refractivity contribution is 6.11. The van der Waals surface area contributed by atoms with E-state index in [4.69, 9.17) is 11.0 Å². The minimum absolute atomic E-state index is 0.0319. The van der Waals surface area contributed by atoms with Crippen molar-refractivity contribution < 1.29 is 4.42 Å². The van der Waals surface area contributed by atoms with Gasteiger partial charge in [-0.25, -0.2) is 4.85 Å². The first kappa shape index (κ1) is 17.2. The molecule has 0 aliphatic carbocycles. The number of nitriles is 1. The van der Waals surface area contributed by atoms with Crippen LogP contribution in [0, 0.1) is 24.8 Å². The van der Waals surface area contributed by atoms with E-state index in [1.165, 1.54) is 0 Å². The minimum Gasteiger partial charge on any atom is -0.454 e. The zero-order valence-corrected chi connectivity index (χ0v) is 16.4. The molecule has 5 nitrogen and oxygen atoms in total. The Morgan fingerprint density at radius 3 is 2.66 bits per heavy atom. The summed E-state index contributed by atoms with van der Waals surface area (Å²) in [6, 6.07) is 18.0. The summed E-state index contributed by atoms with van der Waals surface area (Å²) in [5.41, 5.74) is 6.41. The van der Waals surface area contributed by atoms with E-state index < -0.39 is 0 Å². The number of hydrogen-bond donors (Lipinski definition) is 0. The van der Waals surface area contributed by atoms with Crippen LogP contribution in [-0.2, 0) is 0 Å². The van der Waals surface area contributed by atoms with Gasteiger partial charge in [0.15, 0.2) is 11.3 Å². The van der Waals surface area contributed by atoms with Crippen molar-refractivity contribution in [3.05, 3.63) is 71.1 Å². The third-order valence-electron chi connectivity index (χ3n) is 5.83. The number of furan rings is 1. The molecule has 5 heteroatoms. The zero-order chi connectivity index (χ0) is 20.3. The van der Waals surface area contributed by atoms with Gasteiger partial charge < -0.3 is 14.2 Å². The van der Waals surface area contributed by atoms with Gasteiger partial charge in [-0.05, 0) is 37.6 Å². The molecule has 140 valence electrons. The fourth-order valence-electron chi connectivity index (χ4n) is 4.35. The first-order chi connectivity index (χ1) is 14.0. The number of para-hydroxylation sites is 1. The Bertz CT molecular complexity index is 1390. The minimum atomic E-state index is -0.0319. The fourth-order valence-corrected chi connectivity index (χ4v) is 4.35. The summed E-state index contributed by atoms with van der Waals surface area (Å²) in [6.07, 6.45) is -0.0319. The lowest BCUT2D eigenvalue weighted by molar-refractivity contribution is 0.661. The molecule has 1 atom stereocenters. The second-order valence-electron chi connectivity index (χ2n) is 7.40. The van der Waals surface area contributed by atoms with Gasteiger partial charge >= 0.3 is 0 Å². The van der Waals surface area contributed by atoms with Crippen LogP contribution in [-0.4, -0.2) is 13.2 Å². The molecule has 0 saturated heterocycles. The van der Waals surface area contributed by atoms with Crippen LogP contribution in [0.1, 0.15) is 18.1 Å². The molecule has 1 aromatic heterocycles. The van der Waals surface area contributed by atoms with Crippen molar-refractivity contribution in [2.24, 2.45) is 0 Å². The molecule has 1 aliphatic heterocycles. The van der Waals surface area contributed by atoms with Gasteiger partial charge in [-0.3, -0.25) is 0 Å². The van der Waals surface area contributed by atoms with E-state index in [0.717, 1.165) is 44.6 Å². The van der Waals surface area contributed by atoms with Crippen LogP contribution < -0.4 is 9.80 Å². The van der Waals surface area contributed by atoms with Gasteiger partial charge in [0.1, 0.15) is 17.8 Å². The van der Waals surface area contributed by atoms with Crippen LogP contribution in [0.15, 0.2) is 52.9 Å². The Kier molecular flexibility index (Phi) is 3.56. The van der Waals surface area contributed by atoms with Gasteiger partial charge in [0.25, 0.3) is 0 Å². The first-order valence-electron chi connectivity index (χ1n) is 9.43. The maximum Gasteiger partial charge on any atom is 0.190 e. The number of aryl methyl sites for hydroxylation is 1. The standard InChI is InChI=1S/C24H18N4O/c1-14-9-10-19-18-7-5-6-8-21(18)29-24(19)22(14)28-15(2)27(4)23-16(13-25)11-17(26-3)12-20(23)28/h5-12,15H,1-2,4H3/t15-/m0/s1. The molecule has 0 bridgehead atoms. The van der Waals surface area contributed by atoms with Crippen molar-refractivity contribution in [2.45, 2.75) is 20.0 Å². The molecule has 2 heterocycles. The van der Waals surface area contributed by atoms with E-state index in [1.807, 2.05) is 31.3 Å². The smallest absolute Gasteiger partial charge is 0.190 e. The molecule has 1 aliphatic rings. The maximum absolute atomic E-state index is 9.69. The monoisotopic (exact) mass is 378 g/mol. The lowest BCUT2D eigenvalue weighted by Crippen LogP contribution is -2.36. The third-order valence-corrected chi connectivity index (χ3v) is 5.83. The van der Waals surface area contributed by atoms with E-state index >= 15 is 0 Å². The molecule has 0 radical (unpaired) electrons. The van der Waals surface area contributed by atoms with Gasteiger partial charge in [0.05, 0.1) is 29.2 Å². The molecular formula is C24H18N4O. The highest BCUT2D eigenvalue weighted by Crippen LogP contribution is 2.50. The predicted octanol–water partition coefficient (Wildman–Crippen LogP) is 6.25. The van der Waals surface area contributed by atoms with E-state index in [1.54, 1.807) is 6.07 Å². The molecule has 5 rings (SSSR count). The van der Waals surface area contributed by atoms with Crippen molar-refractivity contribution in [1.29, 1.82) is 5.26 Å². The normalized spacial score (nSPS) is 15.6. The molecule has 0 N–H and O–H groups in total. The summed E-state index contributed by atoms with van der Waals surface area (Å²) in [6.45, 7) is 11.6. The zero-order valence-electron chi connectivity index (χ0n) is 16.4. The van der Waals surface area contributed by atoms with Crippen molar-refractivity contribution in [1.82, 2.24) is 0 Å². The van der Waals surface area contributed by atoms with Crippen molar-refractivity contribution >= 4 is 44.7 Å². The number of benzene rings is 3. The van der Waals surface area contributed by atoms with Crippen LogP contribution in [0.5, 0.6) is 0 Å². The SMILES string of the molecule is [C-]#[N+]c1cc(C#N)c2c(c1)N(c1c(C)ccc3c1oc1ccccc13)[C@@H](C)N2C. The van der Waals surface area contributed by atoms with Gasteiger partial charge in [0, 0.05) is 17.8 Å². The van der Waals surface area contributed by atoms with Gasteiger partial charge in [0.2, 0.25) is 0 Å². The lowest BCUT2D eigenvalue weighted by Gasteiger charge is -2.29. The van der Waals surface area contributed by atoms with Crippen molar-refractivity contribution in [3.8, 4) is 6.07 Å². The van der Waals surface area contributed by atoms with E-state index in [9.17, 15) is 5.26 Å². The quantitative estimate of drug-likeness (QED) is 0.367. The molecule has 0 amide bonds. The summed E-state index contributed by atoms with van der Waals surface area (Å²) in [5, 5.41) is 11.8. The fraction of sp³-hybridized carbons (Fsp3) is 0.167. The van der Waals surface area contributed by atoms with Crippen LogP contribution in [0.3, 0.4) is 0 Å². The average molecular weight is 378 g/mol. The number of rotatable bonds is 1. The molecule has 29 heavy (non-hydrogen) atoms. The Hall–Kier alpha value is -3.96. The highest BCUT2D eigenvalue weighted by atomic mass is 16.3. The summed E-state index contributed by atoms with van der Waals surface area (Å²) in [7, 11) is 1.98. The number of nitrogens with zero attached hydrogens (tertiary/aromatic N) is 4. The van der Waals surface area contributed by atoms with Crippen molar-refractivity contribution in [3.63, 3.8) is 0 Å². The molecule has 3 aromatic carbocycles. The van der Waals surface area contributed by atoms with Crippen molar-refractivity contribution in [2.75, 3.05) is 16.8 Å². The predicted molar refractivity (Wildman–Crippen MR) is 116 cm³/mol. The molecule has 0 unspecified atom stereocenters. The summed E-state index contributed by atoms with van der Waals surface area (Å²) in [4.78, 5) is 7.86. The van der Waals surface area contributed by atoms with Crippen LogP contribution in [0.25, 0.3) is 26.8 Å². The van der Waals surface area contributed by atoms with Gasteiger partial charge in [-0.1, -0.05) is 30.3 Å². The lowest BCUT2D eigenvalue weighted by atomic mass is 10.1. The van der Waals surface area contributed by atoms with Crippen LogP contribution >= 0.6 is 0 Å². The van der Waals surface area contributed by atoms with Crippen LogP contribution in [0.2, 0.25) is 0 Å². The van der Waals surface area contributed by atoms with E-state index in [2.05, 4.69) is 52.8 Å². The Balaban J connectivity index is 1.87. The topological polar surface area (TPSA) is 47.8 Å². The van der Waals surface area contributed by atoms with E-state index in [0.29, 0.717) is 11.3 Å².